The van der Waals surface area contributed by atoms with Crippen LogP contribution in [0.2, 0.25) is 0 Å². The molecule has 1 aromatic carbocycles. The van der Waals surface area contributed by atoms with Gasteiger partial charge in [0, 0.05) is 38.1 Å². The van der Waals surface area contributed by atoms with Gasteiger partial charge in [-0.2, -0.15) is 0 Å². The van der Waals surface area contributed by atoms with Gasteiger partial charge < -0.3 is 15.1 Å². The van der Waals surface area contributed by atoms with Crippen LogP contribution in [0.1, 0.15) is 26.3 Å². The summed E-state index contributed by atoms with van der Waals surface area (Å²) in [5, 5.41) is 3.20. The van der Waals surface area contributed by atoms with E-state index >= 15 is 0 Å². The van der Waals surface area contributed by atoms with Gasteiger partial charge in [0.1, 0.15) is 0 Å². The van der Waals surface area contributed by atoms with E-state index < -0.39 is 0 Å². The Morgan fingerprint density at radius 1 is 1.32 bits per heavy atom. The van der Waals surface area contributed by atoms with Gasteiger partial charge in [0.25, 0.3) is 0 Å². The normalized spacial score (nSPS) is 14.0. The van der Waals surface area contributed by atoms with Crippen LogP contribution in [0.25, 0.3) is 0 Å². The number of amides is 2. The van der Waals surface area contributed by atoms with Gasteiger partial charge in [0.2, 0.25) is 18.3 Å². The third-order valence-electron chi connectivity index (χ3n) is 3.89. The van der Waals surface area contributed by atoms with Crippen molar-refractivity contribution in [2.45, 2.75) is 27.2 Å². The molecule has 1 heterocycles. The van der Waals surface area contributed by atoms with Gasteiger partial charge in [-0.05, 0) is 44.9 Å². The van der Waals surface area contributed by atoms with E-state index in [9.17, 15) is 9.59 Å². The van der Waals surface area contributed by atoms with Crippen molar-refractivity contribution in [1.82, 2.24) is 9.80 Å². The first-order valence-electron chi connectivity index (χ1n) is 9.32. The predicted molar refractivity (Wildman–Crippen MR) is 116 cm³/mol. The lowest BCUT2D eigenvalue weighted by Crippen LogP contribution is -2.50. The van der Waals surface area contributed by atoms with Crippen LogP contribution in [0, 0.1) is 0 Å². The quantitative estimate of drug-likeness (QED) is 0.366. The summed E-state index contributed by atoms with van der Waals surface area (Å²) in [5.41, 5.74) is 2.97. The van der Waals surface area contributed by atoms with Crippen molar-refractivity contribution >= 4 is 29.7 Å². The average molecular weight is 386 g/mol. The van der Waals surface area contributed by atoms with Crippen LogP contribution in [0.5, 0.6) is 0 Å². The van der Waals surface area contributed by atoms with Crippen molar-refractivity contribution in [1.29, 1.82) is 0 Å². The highest BCUT2D eigenvalue weighted by Crippen LogP contribution is 2.13. The summed E-state index contributed by atoms with van der Waals surface area (Å²) in [7, 11) is 1.70. The molecule has 0 bridgehead atoms. The third-order valence-corrected chi connectivity index (χ3v) is 3.89. The van der Waals surface area contributed by atoms with Gasteiger partial charge in [-0.15, -0.1) is 6.58 Å². The number of hydrogen-bond acceptors (Lipinski definition) is 3. The molecule has 0 aromatic heterocycles. The lowest BCUT2D eigenvalue weighted by Gasteiger charge is -2.32. The van der Waals surface area contributed by atoms with Crippen LogP contribution >= 0.6 is 0 Å². The second-order valence-electron chi connectivity index (χ2n) is 6.55. The molecule has 0 atom stereocenters. The second kappa shape index (κ2) is 12.4. The summed E-state index contributed by atoms with van der Waals surface area (Å²) in [5.74, 6) is 0.568. The van der Waals surface area contributed by atoms with E-state index in [0.29, 0.717) is 25.6 Å². The molecule has 1 aliphatic heterocycles. The topological polar surface area (TPSA) is 77.4 Å². The van der Waals surface area contributed by atoms with E-state index in [1.165, 1.54) is 4.90 Å². The molecule has 1 aromatic rings. The zero-order valence-electron chi connectivity index (χ0n) is 17.3. The van der Waals surface area contributed by atoms with Crippen LogP contribution in [0.15, 0.2) is 46.9 Å². The number of guanidine groups is 1. The van der Waals surface area contributed by atoms with Crippen LogP contribution in [0.3, 0.4) is 0 Å². The molecule has 1 N–H and O–H groups in total. The Balaban J connectivity index is 0.00000122. The number of rotatable bonds is 5. The number of hydrogen-bond donors (Lipinski definition) is 1. The number of carbonyl (C=O) groups excluding carboxylic acids is 2. The summed E-state index contributed by atoms with van der Waals surface area (Å²) in [6.07, 6.45) is 3.24. The van der Waals surface area contributed by atoms with E-state index in [4.69, 9.17) is 0 Å². The fourth-order valence-electron chi connectivity index (χ4n) is 2.60. The highest BCUT2D eigenvalue weighted by molar-refractivity contribution is 6.02. The van der Waals surface area contributed by atoms with Gasteiger partial charge in [-0.25, -0.2) is 4.99 Å². The Morgan fingerprint density at radius 2 is 2.04 bits per heavy atom. The Bertz CT molecular complexity index is 723. The van der Waals surface area contributed by atoms with Gasteiger partial charge in [0.15, 0.2) is 0 Å². The van der Waals surface area contributed by atoms with Crippen molar-refractivity contribution in [3.63, 3.8) is 0 Å². The molecule has 0 saturated carbocycles. The maximum atomic E-state index is 12.0. The first-order valence-corrected chi connectivity index (χ1v) is 9.32. The number of aliphatic imine (C=N–C) groups is 2. The Morgan fingerprint density at radius 3 is 2.61 bits per heavy atom. The number of allylic oxidation sites excluding steroid dienone is 1. The van der Waals surface area contributed by atoms with Crippen LogP contribution in [0.4, 0.5) is 5.69 Å². The first kappa shape index (κ1) is 23.1. The highest BCUT2D eigenvalue weighted by Gasteiger charge is 2.22. The number of carbonyl (C=O) groups is 2. The van der Waals surface area contributed by atoms with Crippen LogP contribution < -0.4 is 5.32 Å². The Labute approximate surface area is 167 Å². The van der Waals surface area contributed by atoms with Gasteiger partial charge >= 0.3 is 0 Å². The van der Waals surface area contributed by atoms with E-state index in [-0.39, 0.29) is 12.5 Å². The maximum absolute atomic E-state index is 12.0. The highest BCUT2D eigenvalue weighted by atomic mass is 16.2. The summed E-state index contributed by atoms with van der Waals surface area (Å²) in [6.45, 7) is 11.1. The second-order valence-corrected chi connectivity index (χ2v) is 6.55. The molecule has 0 aliphatic carbocycles. The fourth-order valence-corrected chi connectivity index (χ4v) is 2.60. The molecule has 1 aliphatic rings. The standard InChI is InChI=1S/C18H25N5O2.C3H6/c1-14(2)20-18(19-3)21-16-6-4-5-15(11-16)7-8-23-10-9-22(13-24)12-17(23)25;1-3-2/h4-6,11,13H,7-10,12H2,1-3H3,(H,19,21);3H,1H2,2H3. The summed E-state index contributed by atoms with van der Waals surface area (Å²) in [4.78, 5) is 34.5. The number of benzene rings is 1. The summed E-state index contributed by atoms with van der Waals surface area (Å²) in [6, 6.07) is 8.01. The molecule has 28 heavy (non-hydrogen) atoms. The Kier molecular flexibility index (Phi) is 10.2. The smallest absolute Gasteiger partial charge is 0.242 e. The third kappa shape index (κ3) is 8.16. The summed E-state index contributed by atoms with van der Waals surface area (Å²) >= 11 is 0. The molecule has 7 nitrogen and oxygen atoms in total. The average Bonchev–Trinajstić information content (AvgIpc) is 2.67. The van der Waals surface area contributed by atoms with Gasteiger partial charge in [-0.1, -0.05) is 18.2 Å². The molecule has 0 spiro atoms. The predicted octanol–water partition coefficient (Wildman–Crippen LogP) is 2.60. The lowest BCUT2D eigenvalue weighted by molar-refractivity contribution is -0.140. The number of nitrogens with zero attached hydrogens (tertiary/aromatic N) is 4. The van der Waals surface area contributed by atoms with Crippen molar-refractivity contribution in [3.8, 4) is 0 Å². The molecular weight excluding hydrogens is 354 g/mol. The molecular formula is C21H31N5O2. The van der Waals surface area contributed by atoms with Crippen molar-refractivity contribution in [2.75, 3.05) is 38.5 Å². The number of piperazine rings is 1. The lowest BCUT2D eigenvalue weighted by atomic mass is 10.1. The zero-order valence-corrected chi connectivity index (χ0v) is 17.3. The van der Waals surface area contributed by atoms with Gasteiger partial charge in [-0.3, -0.25) is 14.6 Å². The molecule has 0 unspecified atom stereocenters. The molecule has 1 saturated heterocycles. The monoisotopic (exact) mass is 385 g/mol. The fraction of sp³-hybridized carbons (Fsp3) is 0.429. The molecule has 2 rings (SSSR count). The van der Waals surface area contributed by atoms with Crippen LogP contribution in [-0.4, -0.2) is 67.0 Å². The van der Waals surface area contributed by atoms with Crippen LogP contribution in [-0.2, 0) is 16.0 Å². The number of anilines is 1. The van der Waals surface area contributed by atoms with E-state index in [0.717, 1.165) is 29.8 Å². The first-order chi connectivity index (χ1) is 13.4. The van der Waals surface area contributed by atoms with Crippen molar-refractivity contribution in [3.05, 3.63) is 42.5 Å². The minimum Gasteiger partial charge on any atom is -0.339 e. The summed E-state index contributed by atoms with van der Waals surface area (Å²) < 4.78 is 0. The van der Waals surface area contributed by atoms with Gasteiger partial charge in [0.05, 0.1) is 6.54 Å². The Hall–Kier alpha value is -2.96. The molecule has 0 radical (unpaired) electrons. The SMILES string of the molecule is C=CC.CN=C(N=C(C)C)Nc1cccc(CCN2CCN(C=O)CC2=O)c1. The molecule has 2 amide bonds. The number of nitrogens with one attached hydrogen (secondary N) is 1. The van der Waals surface area contributed by atoms with E-state index in [2.05, 4.69) is 21.9 Å². The molecule has 152 valence electrons. The largest absolute Gasteiger partial charge is 0.339 e. The molecule has 1 fully saturated rings. The zero-order chi connectivity index (χ0) is 20.9. The maximum Gasteiger partial charge on any atom is 0.242 e. The molecule has 7 heteroatoms. The van der Waals surface area contributed by atoms with E-state index in [1.54, 1.807) is 13.1 Å². The van der Waals surface area contributed by atoms with E-state index in [1.807, 2.05) is 49.9 Å². The van der Waals surface area contributed by atoms with Crippen molar-refractivity contribution < 1.29 is 9.59 Å². The minimum absolute atomic E-state index is 0.000732. The van der Waals surface area contributed by atoms with Crippen molar-refractivity contribution in [2.24, 2.45) is 9.98 Å². The minimum atomic E-state index is 0.000732.